The van der Waals surface area contributed by atoms with Gasteiger partial charge in [0.15, 0.2) is 11.5 Å². The number of benzene rings is 3. The molecule has 1 unspecified atom stereocenters. The van der Waals surface area contributed by atoms with Crippen LogP contribution >= 0.6 is 11.3 Å². The molecule has 0 saturated carbocycles. The molecule has 27 nitrogen and oxygen atoms in total. The first kappa shape index (κ1) is 71.9. The lowest BCUT2D eigenvalue weighted by atomic mass is 9.86. The third-order valence-corrected chi connectivity index (χ3v) is 19.4. The molecule has 28 heteroatoms. The Morgan fingerprint density at radius 2 is 1.42 bits per heavy atom. The van der Waals surface area contributed by atoms with Gasteiger partial charge >= 0.3 is 0 Å². The second kappa shape index (κ2) is 33.0. The minimum absolute atomic E-state index is 0.00602. The smallest absolute Gasteiger partial charge is 0.248 e. The number of fused-ring (bicyclic) bond motifs is 2. The maximum atomic E-state index is 15.0. The van der Waals surface area contributed by atoms with Gasteiger partial charge in [0.1, 0.15) is 35.2 Å². The van der Waals surface area contributed by atoms with Crippen LogP contribution in [0.15, 0.2) is 72.9 Å². The number of thiazole rings is 1. The van der Waals surface area contributed by atoms with Crippen molar-refractivity contribution in [2.75, 3.05) is 71.6 Å². The van der Waals surface area contributed by atoms with E-state index >= 15 is 0 Å². The quantitative estimate of drug-likeness (QED) is 0.0449. The Hall–Kier alpha value is -6.93. The molecule has 0 aliphatic carbocycles. The second-order valence-electron chi connectivity index (χ2n) is 25.0. The van der Waals surface area contributed by atoms with Gasteiger partial charge in [-0.2, -0.15) is 0 Å². The monoisotopic (exact) mass is 1320 g/mol. The van der Waals surface area contributed by atoms with Crippen molar-refractivity contribution in [2.45, 2.75) is 170 Å². The fourth-order valence-corrected chi connectivity index (χ4v) is 13.5. The van der Waals surface area contributed by atoms with E-state index in [2.05, 4.69) is 68.0 Å². The Morgan fingerprint density at radius 1 is 0.763 bits per heavy atom. The van der Waals surface area contributed by atoms with Gasteiger partial charge in [0.05, 0.1) is 79.5 Å². The highest BCUT2D eigenvalue weighted by atomic mass is 32.1. The van der Waals surface area contributed by atoms with Crippen LogP contribution in [-0.4, -0.2) is 247 Å². The van der Waals surface area contributed by atoms with Crippen LogP contribution in [0.1, 0.15) is 83.3 Å². The van der Waals surface area contributed by atoms with Crippen LogP contribution in [0.2, 0.25) is 0 Å². The number of nitrogens with one attached hydrogen (secondary N) is 6. The molecule has 4 aliphatic heterocycles. The molecular formula is C65H92N10O17S. The number of hydrogen-bond acceptors (Lipinski definition) is 22. The topological polar surface area (TPSA) is 398 Å². The van der Waals surface area contributed by atoms with Crippen molar-refractivity contribution in [3.8, 4) is 32.5 Å². The highest BCUT2D eigenvalue weighted by Crippen LogP contribution is 2.37. The summed E-state index contributed by atoms with van der Waals surface area (Å²) < 4.78 is 11.2. The number of aliphatic hydroxyl groups is 8. The van der Waals surface area contributed by atoms with Gasteiger partial charge < -0.3 is 102 Å². The van der Waals surface area contributed by atoms with Crippen LogP contribution in [0, 0.1) is 5.92 Å². The molecule has 3 aromatic carbocycles. The molecule has 510 valence electrons. The lowest BCUT2D eigenvalue weighted by Gasteiger charge is -2.42. The molecule has 93 heavy (non-hydrogen) atoms. The zero-order valence-electron chi connectivity index (χ0n) is 53.2. The average Bonchev–Trinajstić information content (AvgIpc) is 1.77. The largest absolute Gasteiger partial charge is 0.504 e. The standard InChI is InChI=1S/C65H92N10O17S/c1-6-7-19-65(92-5)20-23-73(24-21-65)43-15-13-41(14-16-43)62-69-31-52(93-62)40-11-8-38(9-12-40)29-67-46-27-44(79)30-68-61(88)56-57(84)36(2)32-75(56)64(90)55(49(82)18-22-66-42(34-76)35-77)72-60(87)54(50(83)25-39-10-17-48(81)51(26-39)91-4)71-59(86)47-28-45(80)33-74(47)63(89)53(37(3)78)70-58(46)85/h8-17,26,31,36-37,42,44-47,49-50,53-57,66-67,76-84H,6-7,18-25,27-30,32-35H2,1-5H3,(H,68,88)(H,70,85)(H,71,86)(H,72,87)/t36-,37+,44+,45+,46?,47-,49+,50+,53-,54-,55-,56-,57-/m0/s1. The number of aliphatic hydroxyl groups excluding tert-OH is 8. The molecule has 0 radical (unpaired) electrons. The van der Waals surface area contributed by atoms with Gasteiger partial charge in [0, 0.05) is 82.6 Å². The number of aromatic hydroxyl groups is 1. The van der Waals surface area contributed by atoms with Gasteiger partial charge in [-0.15, -0.1) is 11.3 Å². The summed E-state index contributed by atoms with van der Waals surface area (Å²) in [5.41, 5.74) is 3.90. The number of anilines is 1. The van der Waals surface area contributed by atoms with Crippen molar-refractivity contribution in [2.24, 2.45) is 5.92 Å². The van der Waals surface area contributed by atoms with Crippen molar-refractivity contribution in [3.63, 3.8) is 0 Å². The van der Waals surface area contributed by atoms with Crippen LogP contribution in [0.5, 0.6) is 11.5 Å². The van der Waals surface area contributed by atoms with E-state index < -0.39 is 166 Å². The number of phenolic OH excluding ortho intramolecular Hbond substituents is 1. The van der Waals surface area contributed by atoms with Gasteiger partial charge in [0.2, 0.25) is 35.4 Å². The van der Waals surface area contributed by atoms with E-state index in [1.807, 2.05) is 31.4 Å². The van der Waals surface area contributed by atoms with Gasteiger partial charge in [-0.25, -0.2) is 4.98 Å². The minimum Gasteiger partial charge on any atom is -0.504 e. The second-order valence-corrected chi connectivity index (χ2v) is 26.0. The number of carbonyl (C=O) groups is 6. The number of rotatable bonds is 22. The van der Waals surface area contributed by atoms with Crippen LogP contribution < -0.4 is 41.5 Å². The number of phenols is 1. The predicted molar refractivity (Wildman–Crippen MR) is 343 cm³/mol. The number of hydrogen-bond donors (Lipinski definition) is 15. The highest BCUT2D eigenvalue weighted by Gasteiger charge is 2.50. The molecule has 4 aromatic rings. The molecule has 0 bridgehead atoms. The van der Waals surface area contributed by atoms with Gasteiger partial charge in [-0.3, -0.25) is 28.8 Å². The first-order valence-corrected chi connectivity index (χ1v) is 32.7. The zero-order valence-corrected chi connectivity index (χ0v) is 54.0. The van der Waals surface area contributed by atoms with E-state index in [4.69, 9.17) is 14.5 Å². The maximum Gasteiger partial charge on any atom is 0.248 e. The fourth-order valence-electron chi connectivity index (χ4n) is 12.6. The number of carbonyl (C=O) groups excluding carboxylic acids is 6. The number of methoxy groups -OCH3 is 2. The SMILES string of the molecule is CCCCC1(OC)CCN(c2ccc(-c3ncc(-c4ccc(CNC5C[C@@H](O)CNC(=O)[C@@H]6[C@@H](O)[C@@H](C)CN6C(=O)[C@H]([C@H](O)CCNC(CO)CO)NC(=O)[C@H]([C@H](O)Cc6ccc(O)c(OC)c6)NC(=O)[C@@H]6C[C@@H](O)CN6C(=O)[C@H]([C@@H](C)O)NC5=O)cc4)s3)cc2)CC1. The first-order valence-electron chi connectivity index (χ1n) is 31.9. The summed E-state index contributed by atoms with van der Waals surface area (Å²) in [5, 5.41) is 116. The normalized spacial score (nSPS) is 26.3. The van der Waals surface area contributed by atoms with E-state index in [1.54, 1.807) is 13.1 Å². The molecule has 13 atom stereocenters. The summed E-state index contributed by atoms with van der Waals surface area (Å²) in [4.78, 5) is 97.9. The van der Waals surface area contributed by atoms with Gasteiger partial charge in [0.25, 0.3) is 0 Å². The summed E-state index contributed by atoms with van der Waals surface area (Å²) in [7, 11) is 3.10. The first-order chi connectivity index (χ1) is 44.5. The summed E-state index contributed by atoms with van der Waals surface area (Å²) in [6.45, 7) is 4.32. The van der Waals surface area contributed by atoms with E-state index in [0.717, 1.165) is 81.7 Å². The molecule has 5 heterocycles. The number of β-amino-alcohol motifs (C(OH)–C–C–N with tert-alkyl or cyclic N) is 1. The molecular weight excluding hydrogens is 1220 g/mol. The lowest BCUT2D eigenvalue weighted by Crippen LogP contribution is -2.64. The summed E-state index contributed by atoms with van der Waals surface area (Å²) in [6.07, 6.45) is -4.31. The molecule has 1 aromatic heterocycles. The Bertz CT molecular complexity index is 3150. The number of nitrogens with zero attached hydrogens (tertiary/aromatic N) is 4. The molecule has 0 spiro atoms. The van der Waals surface area contributed by atoms with E-state index in [-0.39, 0.29) is 48.7 Å². The van der Waals surface area contributed by atoms with Crippen LogP contribution in [0.3, 0.4) is 0 Å². The van der Waals surface area contributed by atoms with E-state index in [0.29, 0.717) is 5.56 Å². The minimum atomic E-state index is -2.04. The summed E-state index contributed by atoms with van der Waals surface area (Å²) in [6, 6.07) is 8.61. The van der Waals surface area contributed by atoms with Crippen molar-refractivity contribution in [1.82, 2.24) is 46.7 Å². The van der Waals surface area contributed by atoms with Crippen molar-refractivity contribution in [3.05, 3.63) is 84.1 Å². The molecule has 8 rings (SSSR count). The van der Waals surface area contributed by atoms with Crippen LogP contribution in [0.25, 0.3) is 21.0 Å². The Labute approximate surface area is 544 Å². The molecule has 15 N–H and O–H groups in total. The highest BCUT2D eigenvalue weighted by molar-refractivity contribution is 7.18. The fraction of sp³-hybridized carbons (Fsp3) is 0.585. The third-order valence-electron chi connectivity index (χ3n) is 18.3. The van der Waals surface area contributed by atoms with Crippen molar-refractivity contribution < 1.29 is 84.2 Å². The average molecular weight is 1320 g/mol. The number of ether oxygens (including phenoxy) is 2. The zero-order chi connectivity index (χ0) is 67.3. The molecule has 4 aliphatic rings. The summed E-state index contributed by atoms with van der Waals surface area (Å²) >= 11 is 1.53. The number of piperidine rings is 1. The van der Waals surface area contributed by atoms with Crippen LogP contribution in [0.4, 0.5) is 5.69 Å². The Morgan fingerprint density at radius 3 is 2.08 bits per heavy atom. The number of aromatic nitrogens is 1. The van der Waals surface area contributed by atoms with E-state index in [1.165, 1.54) is 43.6 Å². The molecule has 4 saturated heterocycles. The lowest BCUT2D eigenvalue weighted by molar-refractivity contribution is -0.147. The molecule has 4 fully saturated rings. The number of unbranched alkanes of at least 4 members (excludes halogenated alkanes) is 1. The Balaban J connectivity index is 1.05. The predicted octanol–water partition coefficient (Wildman–Crippen LogP) is -0.992. The van der Waals surface area contributed by atoms with E-state index in [9.17, 15) is 74.7 Å². The van der Waals surface area contributed by atoms with Gasteiger partial charge in [-0.05, 0) is 98.7 Å². The Kier molecular flexibility index (Phi) is 25.5. The van der Waals surface area contributed by atoms with Gasteiger partial charge in [-0.1, -0.05) is 57.0 Å². The maximum absolute atomic E-state index is 15.0. The van der Waals surface area contributed by atoms with Crippen molar-refractivity contribution >= 4 is 52.5 Å². The van der Waals surface area contributed by atoms with Crippen LogP contribution in [-0.2, 0) is 46.5 Å². The molecule has 6 amide bonds. The third kappa shape index (κ3) is 17.9. The number of amides is 6. The van der Waals surface area contributed by atoms with Crippen molar-refractivity contribution in [1.29, 1.82) is 0 Å². The summed E-state index contributed by atoms with van der Waals surface area (Å²) in [5.74, 6) is -7.39.